The Balaban J connectivity index is 2.37. The maximum absolute atomic E-state index is 12.2. The van der Waals surface area contributed by atoms with E-state index in [0.29, 0.717) is 16.6 Å². The molecule has 0 spiro atoms. The second kappa shape index (κ2) is 5.49. The van der Waals surface area contributed by atoms with E-state index < -0.39 is 10.0 Å². The SMILES string of the molecule is C=C(C)CSC1=NS(=O)(=O)c2cc(N(C)C)ccc2N1. The normalized spacial score (nSPS) is 15.8. The Labute approximate surface area is 123 Å². The minimum absolute atomic E-state index is 0.211. The molecule has 1 N–H and O–H groups in total. The minimum Gasteiger partial charge on any atom is -0.378 e. The van der Waals surface area contributed by atoms with Crippen LogP contribution in [0, 0.1) is 0 Å². The number of rotatable bonds is 3. The van der Waals surface area contributed by atoms with Gasteiger partial charge < -0.3 is 10.2 Å². The third-order valence-corrected chi connectivity index (χ3v) is 5.20. The van der Waals surface area contributed by atoms with Crippen molar-refractivity contribution in [3.05, 3.63) is 30.4 Å². The first-order chi connectivity index (χ1) is 9.29. The Bertz CT molecular complexity index is 679. The van der Waals surface area contributed by atoms with Crippen molar-refractivity contribution in [2.24, 2.45) is 4.40 Å². The number of nitrogens with zero attached hydrogens (tertiary/aromatic N) is 2. The second-order valence-electron chi connectivity index (χ2n) is 4.82. The van der Waals surface area contributed by atoms with E-state index in [1.807, 2.05) is 32.0 Å². The molecule has 0 aromatic heterocycles. The number of hydrogen-bond acceptors (Lipinski definition) is 5. The van der Waals surface area contributed by atoms with E-state index in [-0.39, 0.29) is 4.90 Å². The smallest absolute Gasteiger partial charge is 0.286 e. The Morgan fingerprint density at radius 3 is 2.75 bits per heavy atom. The van der Waals surface area contributed by atoms with Crippen molar-refractivity contribution in [2.75, 3.05) is 30.1 Å². The van der Waals surface area contributed by atoms with Gasteiger partial charge in [0.25, 0.3) is 10.0 Å². The van der Waals surface area contributed by atoms with Crippen LogP contribution in [-0.4, -0.2) is 33.4 Å². The molecule has 0 radical (unpaired) electrons. The minimum atomic E-state index is -3.65. The van der Waals surface area contributed by atoms with Crippen molar-refractivity contribution >= 4 is 38.3 Å². The molecule has 108 valence electrons. The van der Waals surface area contributed by atoms with Crippen molar-refractivity contribution < 1.29 is 8.42 Å². The predicted molar refractivity (Wildman–Crippen MR) is 86.3 cm³/mol. The van der Waals surface area contributed by atoms with Gasteiger partial charge in [-0.2, -0.15) is 8.42 Å². The van der Waals surface area contributed by atoms with Crippen LogP contribution in [0.3, 0.4) is 0 Å². The molecule has 0 saturated heterocycles. The molecule has 0 bridgehead atoms. The van der Waals surface area contributed by atoms with E-state index in [0.717, 1.165) is 11.3 Å². The predicted octanol–water partition coefficient (Wildman–Crippen LogP) is 2.53. The third-order valence-electron chi connectivity index (χ3n) is 2.66. The van der Waals surface area contributed by atoms with Crippen LogP contribution in [0.25, 0.3) is 0 Å². The van der Waals surface area contributed by atoms with E-state index in [4.69, 9.17) is 0 Å². The van der Waals surface area contributed by atoms with Crippen molar-refractivity contribution in [3.8, 4) is 0 Å². The number of hydrogen-bond donors (Lipinski definition) is 1. The largest absolute Gasteiger partial charge is 0.378 e. The summed E-state index contributed by atoms with van der Waals surface area (Å²) in [6, 6.07) is 5.26. The molecular formula is C13H17N3O2S2. The molecule has 1 heterocycles. The number of benzene rings is 1. The summed E-state index contributed by atoms with van der Waals surface area (Å²) in [7, 11) is 0.0794. The molecule has 1 aliphatic rings. The fourth-order valence-corrected chi connectivity index (χ4v) is 3.76. The highest BCUT2D eigenvalue weighted by Crippen LogP contribution is 2.32. The molecule has 7 heteroatoms. The van der Waals surface area contributed by atoms with Gasteiger partial charge in [0.15, 0.2) is 5.17 Å². The van der Waals surface area contributed by atoms with Gasteiger partial charge in [0, 0.05) is 25.5 Å². The first-order valence-corrected chi connectivity index (χ1v) is 8.43. The maximum Gasteiger partial charge on any atom is 0.286 e. The monoisotopic (exact) mass is 311 g/mol. The van der Waals surface area contributed by atoms with Gasteiger partial charge in [0.05, 0.1) is 5.69 Å². The molecule has 0 atom stereocenters. The van der Waals surface area contributed by atoms with Crippen LogP contribution in [0.2, 0.25) is 0 Å². The quantitative estimate of drug-likeness (QED) is 0.869. The zero-order chi connectivity index (χ0) is 14.9. The van der Waals surface area contributed by atoms with Crippen LogP contribution in [-0.2, 0) is 10.0 Å². The summed E-state index contributed by atoms with van der Waals surface area (Å²) in [5.41, 5.74) is 2.35. The topological polar surface area (TPSA) is 61.8 Å². The molecule has 1 aromatic carbocycles. The van der Waals surface area contributed by atoms with Crippen molar-refractivity contribution in [2.45, 2.75) is 11.8 Å². The van der Waals surface area contributed by atoms with E-state index in [1.54, 1.807) is 12.1 Å². The summed E-state index contributed by atoms with van der Waals surface area (Å²) in [6.07, 6.45) is 0. The van der Waals surface area contributed by atoms with Crippen LogP contribution in [0.5, 0.6) is 0 Å². The molecule has 1 aromatic rings. The van der Waals surface area contributed by atoms with Gasteiger partial charge in [-0.1, -0.05) is 23.9 Å². The highest BCUT2D eigenvalue weighted by molar-refractivity contribution is 8.15. The van der Waals surface area contributed by atoms with Crippen LogP contribution in [0.15, 0.2) is 39.6 Å². The van der Waals surface area contributed by atoms with Gasteiger partial charge in [-0.05, 0) is 25.1 Å². The Morgan fingerprint density at radius 2 is 2.15 bits per heavy atom. The molecule has 20 heavy (non-hydrogen) atoms. The molecule has 0 unspecified atom stereocenters. The van der Waals surface area contributed by atoms with Gasteiger partial charge in [0.1, 0.15) is 4.90 Å². The fraction of sp³-hybridized carbons (Fsp3) is 0.308. The van der Waals surface area contributed by atoms with E-state index in [9.17, 15) is 8.42 Å². The van der Waals surface area contributed by atoms with Crippen molar-refractivity contribution in [1.82, 2.24) is 0 Å². The summed E-state index contributed by atoms with van der Waals surface area (Å²) in [4.78, 5) is 2.06. The summed E-state index contributed by atoms with van der Waals surface area (Å²) in [6.45, 7) is 5.68. The van der Waals surface area contributed by atoms with E-state index in [2.05, 4.69) is 16.3 Å². The van der Waals surface area contributed by atoms with Gasteiger partial charge in [0.2, 0.25) is 0 Å². The zero-order valence-corrected chi connectivity index (χ0v) is 13.3. The van der Waals surface area contributed by atoms with Gasteiger partial charge >= 0.3 is 0 Å². The Kier molecular flexibility index (Phi) is 4.10. The lowest BCUT2D eigenvalue weighted by molar-refractivity contribution is 0.598. The molecule has 1 aliphatic heterocycles. The number of fused-ring (bicyclic) bond motifs is 1. The van der Waals surface area contributed by atoms with E-state index >= 15 is 0 Å². The second-order valence-corrected chi connectivity index (χ2v) is 7.35. The summed E-state index contributed by atoms with van der Waals surface area (Å²) in [5, 5.41) is 3.44. The molecule has 0 fully saturated rings. The molecule has 0 saturated carbocycles. The molecule has 5 nitrogen and oxygen atoms in total. The Morgan fingerprint density at radius 1 is 1.45 bits per heavy atom. The fourth-order valence-electron chi connectivity index (χ4n) is 1.66. The third kappa shape index (κ3) is 3.16. The average Bonchev–Trinajstić information content (AvgIpc) is 2.35. The number of nitrogens with one attached hydrogen (secondary N) is 1. The molecule has 2 rings (SSSR count). The lowest BCUT2D eigenvalue weighted by Crippen LogP contribution is -2.20. The maximum atomic E-state index is 12.2. The van der Waals surface area contributed by atoms with E-state index in [1.165, 1.54) is 11.8 Å². The van der Waals surface area contributed by atoms with Gasteiger partial charge in [-0.3, -0.25) is 0 Å². The zero-order valence-electron chi connectivity index (χ0n) is 11.7. The van der Waals surface area contributed by atoms with Crippen LogP contribution in [0.4, 0.5) is 11.4 Å². The summed E-state index contributed by atoms with van der Waals surface area (Å²) >= 11 is 1.33. The average molecular weight is 311 g/mol. The number of sulfonamides is 1. The molecule has 0 amide bonds. The first kappa shape index (κ1) is 14.9. The lowest BCUT2D eigenvalue weighted by Gasteiger charge is -2.20. The number of thioether (sulfide) groups is 1. The van der Waals surface area contributed by atoms with Crippen LogP contribution >= 0.6 is 11.8 Å². The van der Waals surface area contributed by atoms with Gasteiger partial charge in [-0.25, -0.2) is 0 Å². The highest BCUT2D eigenvalue weighted by atomic mass is 32.2. The molecular weight excluding hydrogens is 294 g/mol. The van der Waals surface area contributed by atoms with Gasteiger partial charge in [-0.15, -0.1) is 4.40 Å². The number of amidine groups is 1. The highest BCUT2D eigenvalue weighted by Gasteiger charge is 2.25. The summed E-state index contributed by atoms with van der Waals surface area (Å²) < 4.78 is 28.3. The molecule has 0 aliphatic carbocycles. The number of anilines is 2. The van der Waals surface area contributed by atoms with Crippen LogP contribution < -0.4 is 10.2 Å². The van der Waals surface area contributed by atoms with Crippen molar-refractivity contribution in [1.29, 1.82) is 0 Å². The lowest BCUT2D eigenvalue weighted by atomic mass is 10.2. The Hall–Kier alpha value is -1.47. The van der Waals surface area contributed by atoms with Crippen LogP contribution in [0.1, 0.15) is 6.92 Å². The summed E-state index contributed by atoms with van der Waals surface area (Å²) in [5.74, 6) is 0.631. The first-order valence-electron chi connectivity index (χ1n) is 6.00. The standard InChI is InChI=1S/C13H17N3O2S2/c1-9(2)8-19-13-14-11-6-5-10(16(3)4)7-12(11)20(17,18)15-13/h5-7H,1,8H2,2-4H3,(H,14,15). The van der Waals surface area contributed by atoms with Crippen molar-refractivity contribution in [3.63, 3.8) is 0 Å².